The molecule has 0 bridgehead atoms. The summed E-state index contributed by atoms with van der Waals surface area (Å²) in [6.07, 6.45) is 6.41. The molecule has 1 aliphatic rings. The van der Waals surface area contributed by atoms with Gasteiger partial charge >= 0.3 is 0 Å². The number of benzene rings is 1. The Kier molecular flexibility index (Phi) is 2.96. The average Bonchev–Trinajstić information content (AvgIpc) is 2.33. The van der Waals surface area contributed by atoms with E-state index in [1.165, 1.54) is 12.2 Å². The minimum atomic E-state index is -0.00585. The van der Waals surface area contributed by atoms with E-state index in [1.54, 1.807) is 19.3 Å². The molecular weight excluding hydrogens is 202 g/mol. The van der Waals surface area contributed by atoms with Crippen LogP contribution in [0.2, 0.25) is 0 Å². The standard InChI is InChI=1S/C13H11NO2/c1-16-13-8-4-11(5-9-13)14-10-2-6-12(15)7-3-10/h2-9H,1H3. The van der Waals surface area contributed by atoms with Crippen molar-refractivity contribution in [1.82, 2.24) is 0 Å². The highest BCUT2D eigenvalue weighted by molar-refractivity contribution is 6.17. The topological polar surface area (TPSA) is 38.7 Å². The molecule has 0 saturated heterocycles. The first-order valence-electron chi connectivity index (χ1n) is 4.91. The predicted molar refractivity (Wildman–Crippen MR) is 63.4 cm³/mol. The summed E-state index contributed by atoms with van der Waals surface area (Å²) in [5, 5.41) is 0. The van der Waals surface area contributed by atoms with Gasteiger partial charge < -0.3 is 4.74 Å². The van der Waals surface area contributed by atoms with E-state index in [4.69, 9.17) is 4.74 Å². The molecule has 0 heterocycles. The number of aliphatic imine (C=N–C) groups is 1. The van der Waals surface area contributed by atoms with Crippen LogP contribution in [0, 0.1) is 0 Å². The Hall–Kier alpha value is -2.16. The average molecular weight is 213 g/mol. The van der Waals surface area contributed by atoms with Crippen molar-refractivity contribution in [3.05, 3.63) is 48.6 Å². The normalized spacial score (nSPS) is 14.1. The van der Waals surface area contributed by atoms with E-state index < -0.39 is 0 Å². The van der Waals surface area contributed by atoms with Gasteiger partial charge in [-0.05, 0) is 48.6 Å². The molecule has 3 heteroatoms. The van der Waals surface area contributed by atoms with Gasteiger partial charge in [-0.25, -0.2) is 4.99 Å². The highest BCUT2D eigenvalue weighted by Crippen LogP contribution is 2.18. The van der Waals surface area contributed by atoms with Gasteiger partial charge in [0.1, 0.15) is 5.75 Å². The van der Waals surface area contributed by atoms with Crippen LogP contribution in [0.1, 0.15) is 0 Å². The van der Waals surface area contributed by atoms with E-state index in [1.807, 2.05) is 24.3 Å². The van der Waals surface area contributed by atoms with Crippen LogP contribution < -0.4 is 4.74 Å². The summed E-state index contributed by atoms with van der Waals surface area (Å²) < 4.78 is 5.05. The lowest BCUT2D eigenvalue weighted by Gasteiger charge is -2.01. The van der Waals surface area contributed by atoms with Gasteiger partial charge in [-0.3, -0.25) is 4.79 Å². The molecule has 0 unspecified atom stereocenters. The van der Waals surface area contributed by atoms with Gasteiger partial charge in [-0.2, -0.15) is 0 Å². The molecule has 0 aliphatic heterocycles. The van der Waals surface area contributed by atoms with Gasteiger partial charge in [0.05, 0.1) is 18.5 Å². The summed E-state index contributed by atoms with van der Waals surface area (Å²) in [6.45, 7) is 0. The summed E-state index contributed by atoms with van der Waals surface area (Å²) in [4.78, 5) is 15.3. The van der Waals surface area contributed by atoms with Gasteiger partial charge in [-0.1, -0.05) is 0 Å². The highest BCUT2D eigenvalue weighted by Gasteiger charge is 1.99. The summed E-state index contributed by atoms with van der Waals surface area (Å²) >= 11 is 0. The summed E-state index contributed by atoms with van der Waals surface area (Å²) in [7, 11) is 1.62. The van der Waals surface area contributed by atoms with E-state index in [9.17, 15) is 4.79 Å². The van der Waals surface area contributed by atoms with E-state index in [0.29, 0.717) is 0 Å². The Balaban J connectivity index is 2.20. The van der Waals surface area contributed by atoms with E-state index in [-0.39, 0.29) is 5.78 Å². The third kappa shape index (κ3) is 2.45. The van der Waals surface area contributed by atoms with Crippen LogP contribution in [0.25, 0.3) is 0 Å². The van der Waals surface area contributed by atoms with Gasteiger partial charge in [0.15, 0.2) is 5.78 Å². The van der Waals surface area contributed by atoms with Crippen molar-refractivity contribution in [2.45, 2.75) is 0 Å². The molecule has 3 nitrogen and oxygen atoms in total. The molecule has 0 saturated carbocycles. The Bertz CT molecular complexity index is 463. The molecule has 0 aromatic heterocycles. The quantitative estimate of drug-likeness (QED) is 0.708. The molecule has 0 spiro atoms. The number of ketones is 1. The Morgan fingerprint density at radius 3 is 2.19 bits per heavy atom. The van der Waals surface area contributed by atoms with E-state index in [2.05, 4.69) is 4.99 Å². The molecule has 0 fully saturated rings. The zero-order chi connectivity index (χ0) is 11.4. The Morgan fingerprint density at radius 2 is 1.62 bits per heavy atom. The highest BCUT2D eigenvalue weighted by atomic mass is 16.5. The van der Waals surface area contributed by atoms with Crippen LogP contribution in [0.4, 0.5) is 5.69 Å². The molecule has 0 radical (unpaired) electrons. The fourth-order valence-electron chi connectivity index (χ4n) is 1.33. The van der Waals surface area contributed by atoms with Crippen molar-refractivity contribution in [2.75, 3.05) is 7.11 Å². The fraction of sp³-hybridized carbons (Fsp3) is 0.0769. The monoisotopic (exact) mass is 213 g/mol. The van der Waals surface area contributed by atoms with Crippen LogP contribution >= 0.6 is 0 Å². The third-order valence-corrected chi connectivity index (χ3v) is 2.17. The maximum Gasteiger partial charge on any atom is 0.178 e. The summed E-state index contributed by atoms with van der Waals surface area (Å²) in [5.74, 6) is 0.794. The minimum Gasteiger partial charge on any atom is -0.497 e. The lowest BCUT2D eigenvalue weighted by atomic mass is 10.1. The maximum absolute atomic E-state index is 10.9. The summed E-state index contributed by atoms with van der Waals surface area (Å²) in [6, 6.07) is 7.43. The third-order valence-electron chi connectivity index (χ3n) is 2.17. The zero-order valence-corrected chi connectivity index (χ0v) is 8.88. The first-order valence-corrected chi connectivity index (χ1v) is 4.91. The SMILES string of the molecule is COc1ccc(N=C2C=CC(=O)C=C2)cc1. The predicted octanol–water partition coefficient (Wildman–Crippen LogP) is 2.46. The largest absolute Gasteiger partial charge is 0.497 e. The lowest BCUT2D eigenvalue weighted by Crippen LogP contribution is -1.98. The van der Waals surface area contributed by atoms with E-state index >= 15 is 0 Å². The van der Waals surface area contributed by atoms with Crippen LogP contribution in [-0.2, 0) is 4.79 Å². The lowest BCUT2D eigenvalue weighted by molar-refractivity contribution is -0.110. The molecule has 16 heavy (non-hydrogen) atoms. The molecule has 1 aromatic rings. The first kappa shape index (κ1) is 10.4. The summed E-state index contributed by atoms with van der Waals surface area (Å²) in [5.41, 5.74) is 1.60. The van der Waals surface area contributed by atoms with Crippen LogP contribution in [-0.4, -0.2) is 18.6 Å². The molecule has 1 aliphatic carbocycles. The fourth-order valence-corrected chi connectivity index (χ4v) is 1.33. The van der Waals surface area contributed by atoms with Crippen LogP contribution in [0.3, 0.4) is 0 Å². The smallest absolute Gasteiger partial charge is 0.178 e. The number of allylic oxidation sites excluding steroid dienone is 4. The first-order chi connectivity index (χ1) is 7.78. The van der Waals surface area contributed by atoms with Crippen molar-refractivity contribution in [3.63, 3.8) is 0 Å². The van der Waals surface area contributed by atoms with Crippen molar-refractivity contribution in [1.29, 1.82) is 0 Å². The molecule has 0 atom stereocenters. The van der Waals surface area contributed by atoms with E-state index in [0.717, 1.165) is 17.1 Å². The van der Waals surface area contributed by atoms with Gasteiger partial charge in [-0.15, -0.1) is 0 Å². The maximum atomic E-state index is 10.9. The second-order valence-electron chi connectivity index (χ2n) is 3.30. The molecule has 0 N–H and O–H groups in total. The Labute approximate surface area is 93.8 Å². The second kappa shape index (κ2) is 4.57. The van der Waals surface area contributed by atoms with Crippen molar-refractivity contribution >= 4 is 17.2 Å². The van der Waals surface area contributed by atoms with Gasteiger partial charge in [0.25, 0.3) is 0 Å². The molecular formula is C13H11NO2. The number of rotatable bonds is 2. The Morgan fingerprint density at radius 1 is 1.00 bits per heavy atom. The number of nitrogens with zero attached hydrogens (tertiary/aromatic N) is 1. The number of hydrogen-bond acceptors (Lipinski definition) is 3. The molecule has 2 rings (SSSR count). The van der Waals surface area contributed by atoms with Crippen LogP contribution in [0.15, 0.2) is 53.6 Å². The number of carbonyl (C=O) groups excluding carboxylic acids is 1. The number of ether oxygens (including phenoxy) is 1. The number of methoxy groups -OCH3 is 1. The van der Waals surface area contributed by atoms with Gasteiger partial charge in [0.2, 0.25) is 0 Å². The van der Waals surface area contributed by atoms with Crippen molar-refractivity contribution in [3.8, 4) is 5.75 Å². The second-order valence-corrected chi connectivity index (χ2v) is 3.30. The molecule has 1 aromatic carbocycles. The van der Waals surface area contributed by atoms with Crippen molar-refractivity contribution < 1.29 is 9.53 Å². The number of hydrogen-bond donors (Lipinski definition) is 0. The molecule has 0 amide bonds. The minimum absolute atomic E-state index is 0.00585. The molecule has 80 valence electrons. The van der Waals surface area contributed by atoms with Crippen LogP contribution in [0.5, 0.6) is 5.75 Å². The van der Waals surface area contributed by atoms with Crippen molar-refractivity contribution in [2.24, 2.45) is 4.99 Å². The van der Waals surface area contributed by atoms with Gasteiger partial charge in [0, 0.05) is 0 Å². The number of carbonyl (C=O) groups is 1. The zero-order valence-electron chi connectivity index (χ0n) is 8.88.